The van der Waals surface area contributed by atoms with Gasteiger partial charge in [0.1, 0.15) is 10.7 Å². The molecule has 0 radical (unpaired) electrons. The summed E-state index contributed by atoms with van der Waals surface area (Å²) in [6, 6.07) is 6.32. The van der Waals surface area contributed by atoms with E-state index in [1.807, 2.05) is 0 Å². The lowest BCUT2D eigenvalue weighted by Crippen LogP contribution is -2.42. The molecule has 2 atom stereocenters. The van der Waals surface area contributed by atoms with Crippen LogP contribution < -0.4 is 5.32 Å². The van der Waals surface area contributed by atoms with Gasteiger partial charge in [0.15, 0.2) is 6.61 Å². The molecule has 0 bridgehead atoms. The fourth-order valence-electron chi connectivity index (χ4n) is 3.11. The van der Waals surface area contributed by atoms with Crippen molar-refractivity contribution >= 4 is 33.3 Å². The third-order valence-corrected chi connectivity index (χ3v) is 5.58. The second kappa shape index (κ2) is 7.30. The summed E-state index contributed by atoms with van der Waals surface area (Å²) < 4.78 is 19.4. The van der Waals surface area contributed by atoms with E-state index < -0.39 is 5.97 Å². The van der Waals surface area contributed by atoms with Gasteiger partial charge in [-0.1, -0.05) is 25.8 Å². The highest BCUT2D eigenvalue weighted by Crippen LogP contribution is 2.28. The Morgan fingerprint density at radius 3 is 2.88 bits per heavy atom. The summed E-state index contributed by atoms with van der Waals surface area (Å²) in [5.41, 5.74) is 0. The number of esters is 1. The summed E-state index contributed by atoms with van der Waals surface area (Å²) in [7, 11) is 0. The average Bonchev–Trinajstić information content (AvgIpc) is 3.00. The molecule has 1 amide bonds. The Bertz CT molecular complexity index is 758. The molecule has 128 valence electrons. The predicted molar refractivity (Wildman–Crippen MR) is 91.6 cm³/mol. The third-order valence-electron chi connectivity index (χ3n) is 4.50. The minimum atomic E-state index is -0.595. The van der Waals surface area contributed by atoms with Crippen molar-refractivity contribution in [3.05, 3.63) is 35.0 Å². The molecule has 0 aliphatic heterocycles. The van der Waals surface area contributed by atoms with Crippen LogP contribution in [-0.2, 0) is 9.53 Å². The molecule has 1 saturated carbocycles. The van der Waals surface area contributed by atoms with Crippen LogP contribution in [0.4, 0.5) is 4.39 Å². The van der Waals surface area contributed by atoms with Crippen LogP contribution in [0.5, 0.6) is 0 Å². The van der Waals surface area contributed by atoms with E-state index >= 15 is 0 Å². The van der Waals surface area contributed by atoms with Gasteiger partial charge in [-0.25, -0.2) is 9.18 Å². The van der Waals surface area contributed by atoms with Crippen molar-refractivity contribution in [2.75, 3.05) is 6.61 Å². The molecule has 1 fully saturated rings. The molecule has 24 heavy (non-hydrogen) atoms. The van der Waals surface area contributed by atoms with E-state index in [9.17, 15) is 14.0 Å². The molecule has 1 heterocycles. The van der Waals surface area contributed by atoms with Crippen LogP contribution in [0.1, 0.15) is 42.3 Å². The first-order chi connectivity index (χ1) is 11.5. The lowest BCUT2D eigenvalue weighted by Gasteiger charge is -2.29. The van der Waals surface area contributed by atoms with Crippen molar-refractivity contribution in [1.82, 2.24) is 5.32 Å². The number of benzene rings is 1. The van der Waals surface area contributed by atoms with Gasteiger partial charge in [0, 0.05) is 16.1 Å². The Kier molecular flexibility index (Phi) is 5.14. The molecular weight excluding hydrogens is 329 g/mol. The number of fused-ring (bicyclic) bond motifs is 1. The summed E-state index contributed by atoms with van der Waals surface area (Å²) in [6.07, 6.45) is 4.39. The van der Waals surface area contributed by atoms with Gasteiger partial charge < -0.3 is 10.1 Å². The van der Waals surface area contributed by atoms with E-state index in [2.05, 4.69) is 12.2 Å². The maximum Gasteiger partial charge on any atom is 0.348 e. The van der Waals surface area contributed by atoms with Gasteiger partial charge in [-0.3, -0.25) is 4.79 Å². The fourth-order valence-corrected chi connectivity index (χ4v) is 4.08. The summed E-state index contributed by atoms with van der Waals surface area (Å²) in [5, 5.41) is 3.34. The van der Waals surface area contributed by atoms with Crippen molar-refractivity contribution in [2.24, 2.45) is 5.92 Å². The zero-order valence-corrected chi connectivity index (χ0v) is 14.3. The highest BCUT2D eigenvalue weighted by atomic mass is 32.1. The van der Waals surface area contributed by atoms with E-state index in [0.29, 0.717) is 20.9 Å². The van der Waals surface area contributed by atoms with Gasteiger partial charge in [0.25, 0.3) is 5.91 Å². The molecule has 0 unspecified atom stereocenters. The van der Waals surface area contributed by atoms with Crippen molar-refractivity contribution in [2.45, 2.75) is 38.6 Å². The molecule has 1 aromatic heterocycles. The van der Waals surface area contributed by atoms with Crippen LogP contribution in [0.2, 0.25) is 0 Å². The second-order valence-corrected chi connectivity index (χ2v) is 7.36. The Balaban J connectivity index is 1.56. The van der Waals surface area contributed by atoms with Gasteiger partial charge in [-0.15, -0.1) is 11.3 Å². The maximum atomic E-state index is 13.7. The lowest BCUT2D eigenvalue weighted by atomic mass is 9.86. The number of amides is 1. The average molecular weight is 349 g/mol. The van der Waals surface area contributed by atoms with Crippen molar-refractivity contribution < 1.29 is 18.7 Å². The van der Waals surface area contributed by atoms with E-state index in [4.69, 9.17) is 4.74 Å². The SMILES string of the molecule is C[C@H]1CCCC[C@H]1NC(=O)COC(=O)c1cc2c(F)cccc2s1. The topological polar surface area (TPSA) is 55.4 Å². The number of carbonyl (C=O) groups excluding carboxylic acids is 2. The zero-order valence-electron chi connectivity index (χ0n) is 13.5. The molecule has 6 heteroatoms. The number of thiophene rings is 1. The number of rotatable bonds is 4. The van der Waals surface area contributed by atoms with Gasteiger partial charge >= 0.3 is 5.97 Å². The minimum Gasteiger partial charge on any atom is -0.451 e. The molecule has 0 spiro atoms. The standard InChI is InChI=1S/C18H20FNO3S/c1-11-5-2-3-7-14(11)20-17(21)10-23-18(22)16-9-12-13(19)6-4-8-15(12)24-16/h4,6,8-9,11,14H,2-3,5,7,10H2,1H3,(H,20,21)/t11-,14+/m0/s1. The van der Waals surface area contributed by atoms with E-state index in [1.54, 1.807) is 12.1 Å². The molecule has 3 rings (SSSR count). The van der Waals surface area contributed by atoms with Crippen LogP contribution in [0.15, 0.2) is 24.3 Å². The Morgan fingerprint density at radius 1 is 1.33 bits per heavy atom. The van der Waals surface area contributed by atoms with Crippen LogP contribution >= 0.6 is 11.3 Å². The molecule has 1 aromatic carbocycles. The molecule has 2 aromatic rings. The van der Waals surface area contributed by atoms with E-state index in [-0.39, 0.29) is 24.4 Å². The molecule has 1 aliphatic carbocycles. The Labute approximate surface area is 144 Å². The van der Waals surface area contributed by atoms with E-state index in [1.165, 1.54) is 18.6 Å². The molecular formula is C18H20FNO3S. The predicted octanol–water partition coefficient (Wildman–Crippen LogP) is 3.89. The first kappa shape index (κ1) is 16.9. The van der Waals surface area contributed by atoms with Crippen LogP contribution in [0, 0.1) is 11.7 Å². The monoisotopic (exact) mass is 349 g/mol. The summed E-state index contributed by atoms with van der Waals surface area (Å²) in [4.78, 5) is 24.3. The van der Waals surface area contributed by atoms with Crippen LogP contribution in [0.25, 0.3) is 10.1 Å². The first-order valence-electron chi connectivity index (χ1n) is 8.19. The number of ether oxygens (including phenoxy) is 1. The number of hydrogen-bond donors (Lipinski definition) is 1. The van der Waals surface area contributed by atoms with Crippen LogP contribution in [0.3, 0.4) is 0 Å². The van der Waals surface area contributed by atoms with Gasteiger partial charge in [-0.2, -0.15) is 0 Å². The number of hydrogen-bond acceptors (Lipinski definition) is 4. The normalized spacial score (nSPS) is 20.8. The number of carbonyl (C=O) groups is 2. The number of halogens is 1. The molecule has 1 N–H and O–H groups in total. The zero-order chi connectivity index (χ0) is 17.1. The first-order valence-corrected chi connectivity index (χ1v) is 9.01. The van der Waals surface area contributed by atoms with Crippen LogP contribution in [-0.4, -0.2) is 24.5 Å². The Hall–Kier alpha value is -1.95. The highest BCUT2D eigenvalue weighted by molar-refractivity contribution is 7.20. The lowest BCUT2D eigenvalue weighted by molar-refractivity contribution is -0.125. The number of nitrogens with one attached hydrogen (secondary N) is 1. The molecule has 1 aliphatic rings. The second-order valence-electron chi connectivity index (χ2n) is 6.27. The summed E-state index contributed by atoms with van der Waals surface area (Å²) in [6.45, 7) is 1.82. The minimum absolute atomic E-state index is 0.156. The molecule has 4 nitrogen and oxygen atoms in total. The van der Waals surface area contributed by atoms with Gasteiger partial charge in [-0.05, 0) is 37.0 Å². The Morgan fingerprint density at radius 2 is 2.12 bits per heavy atom. The maximum absolute atomic E-state index is 13.7. The third kappa shape index (κ3) is 3.75. The van der Waals surface area contributed by atoms with Gasteiger partial charge in [0.05, 0.1) is 0 Å². The van der Waals surface area contributed by atoms with Crippen molar-refractivity contribution in [3.8, 4) is 0 Å². The highest BCUT2D eigenvalue weighted by Gasteiger charge is 2.23. The largest absolute Gasteiger partial charge is 0.451 e. The summed E-state index contributed by atoms with van der Waals surface area (Å²) >= 11 is 1.16. The summed E-state index contributed by atoms with van der Waals surface area (Å²) in [5.74, 6) is -0.798. The molecule has 0 saturated heterocycles. The van der Waals surface area contributed by atoms with Gasteiger partial charge in [0.2, 0.25) is 0 Å². The van der Waals surface area contributed by atoms with E-state index in [0.717, 1.165) is 30.6 Å². The van der Waals surface area contributed by atoms with Crippen molar-refractivity contribution in [1.29, 1.82) is 0 Å². The quantitative estimate of drug-likeness (QED) is 0.852. The smallest absolute Gasteiger partial charge is 0.348 e. The van der Waals surface area contributed by atoms with Crippen molar-refractivity contribution in [3.63, 3.8) is 0 Å². The fraction of sp³-hybridized carbons (Fsp3) is 0.444.